The van der Waals surface area contributed by atoms with Gasteiger partial charge in [-0.15, -0.1) is 9.78 Å². The second kappa shape index (κ2) is 4.59. The van der Waals surface area contributed by atoms with Gasteiger partial charge in [0.05, 0.1) is 0 Å². The molecule has 1 saturated heterocycles. The molecule has 0 unspecified atom stereocenters. The molecule has 0 atom stereocenters. The van der Waals surface area contributed by atoms with Crippen molar-refractivity contribution >= 4 is 91.0 Å². The Bertz CT molecular complexity index is 58.1. The van der Waals surface area contributed by atoms with Crippen molar-refractivity contribution in [2.75, 3.05) is 0 Å². The Balaban J connectivity index is -0.0000000104. The summed E-state index contributed by atoms with van der Waals surface area (Å²) in [5, 5.41) is 15.5. The first-order valence-corrected chi connectivity index (χ1v) is 1.02. The summed E-state index contributed by atoms with van der Waals surface area (Å²) in [7, 11) is 0. The molecule has 0 radical (unpaired) electrons. The van der Waals surface area contributed by atoms with Crippen molar-refractivity contribution in [3.05, 3.63) is 0 Å². The maximum Gasteiger partial charge on any atom is 2.00 e. The quantitative estimate of drug-likeness (QED) is 0.233. The Morgan fingerprint density at radius 2 is 1.29 bits per heavy atom. The van der Waals surface area contributed by atoms with E-state index in [1.165, 1.54) is 0 Å². The van der Waals surface area contributed by atoms with Gasteiger partial charge in [-0.1, -0.05) is 0 Å². The van der Waals surface area contributed by atoms with Crippen LogP contribution < -0.4 is 0 Å². The van der Waals surface area contributed by atoms with Gasteiger partial charge in [0.25, 0.3) is 0 Å². The first kappa shape index (κ1) is 12.5. The van der Waals surface area contributed by atoms with Crippen molar-refractivity contribution in [2.45, 2.75) is 6.16 Å². The van der Waals surface area contributed by atoms with Gasteiger partial charge in [-0.25, -0.2) is 0 Å². The van der Waals surface area contributed by atoms with E-state index >= 15 is 0 Å². The van der Waals surface area contributed by atoms with Crippen LogP contribution >= 0.6 is 0 Å². The minimum atomic E-state index is -2.25. The molecule has 2 N–H and O–H groups in total. The molecular formula is CH6O4Sr2. The van der Waals surface area contributed by atoms with E-state index in [1.54, 1.807) is 0 Å². The molecule has 0 aromatic carbocycles. The van der Waals surface area contributed by atoms with Crippen LogP contribution in [-0.2, 0) is 9.78 Å². The SMILES string of the molecule is OC1(O)OO1.[H-].[H-].[H-].[H-].[Sr+2].[Sr+2]. The number of aliphatic hydroxyl groups is 2. The summed E-state index contributed by atoms with van der Waals surface area (Å²) in [5.41, 5.74) is 0. The molecule has 0 aromatic heterocycles. The van der Waals surface area contributed by atoms with E-state index < -0.39 is 6.16 Å². The van der Waals surface area contributed by atoms with Crippen molar-refractivity contribution in [3.8, 4) is 0 Å². The van der Waals surface area contributed by atoms with Crippen LogP contribution in [0.1, 0.15) is 5.71 Å². The molecule has 0 saturated carbocycles. The Hall–Kier alpha value is 2.80. The van der Waals surface area contributed by atoms with Crippen molar-refractivity contribution in [2.24, 2.45) is 0 Å². The van der Waals surface area contributed by atoms with Crippen LogP contribution in [0.25, 0.3) is 0 Å². The van der Waals surface area contributed by atoms with Crippen LogP contribution in [0, 0.1) is 0 Å². The van der Waals surface area contributed by atoms with Crippen molar-refractivity contribution in [1.29, 1.82) is 0 Å². The summed E-state index contributed by atoms with van der Waals surface area (Å²) in [4.78, 5) is 7.01. The van der Waals surface area contributed by atoms with Crippen molar-refractivity contribution < 1.29 is 25.7 Å². The van der Waals surface area contributed by atoms with E-state index in [0.717, 1.165) is 0 Å². The third-order valence-electron chi connectivity index (χ3n) is 0.232. The Kier molecular flexibility index (Phi) is 8.18. The Labute approximate surface area is 120 Å². The zero-order valence-corrected chi connectivity index (χ0v) is 10.6. The van der Waals surface area contributed by atoms with Crippen molar-refractivity contribution in [1.82, 2.24) is 0 Å². The van der Waals surface area contributed by atoms with Crippen LogP contribution in [-0.4, -0.2) is 107 Å². The molecular weight excluding hydrogens is 251 g/mol. The minimum absolute atomic E-state index is 0. The standard InChI is InChI=1S/CH2O4.2Sr.4H/c2-1(3)4-5-1;;;;;;/h2-3H;;;;;;/q;2*+2;4*-1. The van der Waals surface area contributed by atoms with E-state index in [-0.39, 0.29) is 96.7 Å². The van der Waals surface area contributed by atoms with E-state index in [2.05, 4.69) is 9.78 Å². The molecule has 7 heavy (non-hydrogen) atoms. The molecule has 1 rings (SSSR count). The van der Waals surface area contributed by atoms with Gasteiger partial charge < -0.3 is 15.9 Å². The number of rotatable bonds is 0. The van der Waals surface area contributed by atoms with Crippen LogP contribution in [0.2, 0.25) is 0 Å². The fourth-order valence-corrected chi connectivity index (χ4v) is 0.0373. The molecule has 1 aliphatic heterocycles. The van der Waals surface area contributed by atoms with Crippen LogP contribution in [0.15, 0.2) is 0 Å². The molecule has 0 spiro atoms. The summed E-state index contributed by atoms with van der Waals surface area (Å²) >= 11 is 0. The van der Waals surface area contributed by atoms with Crippen LogP contribution in [0.3, 0.4) is 0 Å². The van der Waals surface area contributed by atoms with E-state index in [9.17, 15) is 0 Å². The van der Waals surface area contributed by atoms with Gasteiger partial charge in [0.1, 0.15) is 0 Å². The molecule has 0 aromatic rings. The van der Waals surface area contributed by atoms with E-state index in [1.807, 2.05) is 0 Å². The average molecular weight is 257 g/mol. The van der Waals surface area contributed by atoms with Crippen LogP contribution in [0.5, 0.6) is 0 Å². The predicted octanol–water partition coefficient (Wildman–Crippen LogP) is -1.77. The topological polar surface area (TPSA) is 65.5 Å². The molecule has 1 fully saturated rings. The van der Waals surface area contributed by atoms with Gasteiger partial charge in [-0.3, -0.25) is 0 Å². The maximum atomic E-state index is 7.74. The fraction of sp³-hybridized carbons (Fsp3) is 1.00. The van der Waals surface area contributed by atoms with Gasteiger partial charge in [-0.2, -0.15) is 0 Å². The Morgan fingerprint density at radius 3 is 1.29 bits per heavy atom. The van der Waals surface area contributed by atoms with Crippen molar-refractivity contribution in [3.63, 3.8) is 0 Å². The summed E-state index contributed by atoms with van der Waals surface area (Å²) < 4.78 is 0. The third kappa shape index (κ3) is 6.69. The predicted molar refractivity (Wildman–Crippen MR) is 25.3 cm³/mol. The molecule has 0 aliphatic carbocycles. The van der Waals surface area contributed by atoms with Gasteiger partial charge >= 0.3 is 97.1 Å². The van der Waals surface area contributed by atoms with E-state index in [4.69, 9.17) is 10.2 Å². The van der Waals surface area contributed by atoms with Crippen LogP contribution in [0.4, 0.5) is 0 Å². The molecule has 1 heterocycles. The zero-order valence-electron chi connectivity index (χ0n) is 7.63. The first-order chi connectivity index (χ1) is 2.21. The van der Waals surface area contributed by atoms with Gasteiger partial charge in [0, 0.05) is 0 Å². The largest absolute Gasteiger partial charge is 2.00 e. The molecule has 0 bridgehead atoms. The number of hydrogen-bond acceptors (Lipinski definition) is 4. The maximum absolute atomic E-state index is 7.74. The minimum Gasteiger partial charge on any atom is -1.00 e. The third-order valence-corrected chi connectivity index (χ3v) is 0.232. The summed E-state index contributed by atoms with van der Waals surface area (Å²) in [5.74, 6) is 0. The molecule has 0 amide bonds. The smallest absolute Gasteiger partial charge is 1.00 e. The summed E-state index contributed by atoms with van der Waals surface area (Å²) in [6.07, 6.45) is -2.25. The first-order valence-electron chi connectivity index (χ1n) is 1.02. The molecule has 6 heteroatoms. The Morgan fingerprint density at radius 1 is 1.14 bits per heavy atom. The fourth-order valence-electron chi connectivity index (χ4n) is 0.0373. The summed E-state index contributed by atoms with van der Waals surface area (Å²) in [6.45, 7) is 0. The molecule has 38 valence electrons. The average Bonchev–Trinajstić information content (AvgIpc) is 1.76. The second-order valence-electron chi connectivity index (χ2n) is 0.715. The van der Waals surface area contributed by atoms with Gasteiger partial charge in [-0.05, 0) is 0 Å². The molecule has 4 nitrogen and oxygen atoms in total. The molecule has 1 aliphatic rings. The van der Waals surface area contributed by atoms with Gasteiger partial charge in [0.15, 0.2) is 0 Å². The van der Waals surface area contributed by atoms with E-state index in [0.29, 0.717) is 0 Å². The summed E-state index contributed by atoms with van der Waals surface area (Å²) in [6, 6.07) is 0. The second-order valence-corrected chi connectivity index (χ2v) is 0.715. The number of hydrogen-bond donors (Lipinski definition) is 2. The van der Waals surface area contributed by atoms with Gasteiger partial charge in [0.2, 0.25) is 0 Å². The normalized spacial score (nSPS) is 21.4. The monoisotopic (exact) mass is 258 g/mol. The zero-order chi connectivity index (χ0) is 3.91.